The maximum absolute atomic E-state index is 12.7. The van der Waals surface area contributed by atoms with Gasteiger partial charge in [0.25, 0.3) is 5.91 Å². The van der Waals surface area contributed by atoms with Gasteiger partial charge in [0.1, 0.15) is 0 Å². The quantitative estimate of drug-likeness (QED) is 0.547. The summed E-state index contributed by atoms with van der Waals surface area (Å²) in [6, 6.07) is 15.3. The first-order chi connectivity index (χ1) is 11.1. The largest absolute Gasteiger partial charge is 0.270 e. The lowest BCUT2D eigenvalue weighted by Gasteiger charge is -2.14. The van der Waals surface area contributed by atoms with Crippen molar-refractivity contribution in [2.75, 3.05) is 4.90 Å². The molecule has 1 fully saturated rings. The Balaban J connectivity index is 1.88. The molecule has 0 aliphatic carbocycles. The summed E-state index contributed by atoms with van der Waals surface area (Å²) in [5.74, 6) is -0.0841. The van der Waals surface area contributed by atoms with E-state index in [0.717, 1.165) is 17.7 Å². The standard InChI is InChI=1S/C18H14ClNOS2/c1-2-12-5-9-15(10-6-12)20-17(21)16(23-18(20)22)11-13-3-7-14(19)8-4-13/h3-11H,2H2,1H3/b16-11+. The third-order valence-corrected chi connectivity index (χ3v) is 5.12. The summed E-state index contributed by atoms with van der Waals surface area (Å²) >= 11 is 12.6. The molecule has 23 heavy (non-hydrogen) atoms. The van der Waals surface area contributed by atoms with E-state index in [4.69, 9.17) is 23.8 Å². The summed E-state index contributed by atoms with van der Waals surface area (Å²) in [4.78, 5) is 14.9. The van der Waals surface area contributed by atoms with Crippen molar-refractivity contribution < 1.29 is 4.79 Å². The summed E-state index contributed by atoms with van der Waals surface area (Å²) in [5.41, 5.74) is 2.97. The van der Waals surface area contributed by atoms with E-state index < -0.39 is 0 Å². The van der Waals surface area contributed by atoms with E-state index in [1.54, 1.807) is 17.0 Å². The van der Waals surface area contributed by atoms with Gasteiger partial charge in [-0.3, -0.25) is 9.69 Å². The second kappa shape index (κ2) is 6.87. The Hall–Kier alpha value is -1.62. The molecule has 1 aliphatic rings. The molecule has 0 aromatic heterocycles. The summed E-state index contributed by atoms with van der Waals surface area (Å²) < 4.78 is 0.555. The normalized spacial score (nSPS) is 16.4. The minimum absolute atomic E-state index is 0.0841. The number of carbonyl (C=O) groups is 1. The van der Waals surface area contributed by atoms with Crippen LogP contribution < -0.4 is 4.90 Å². The van der Waals surface area contributed by atoms with Crippen LogP contribution >= 0.6 is 35.6 Å². The zero-order valence-electron chi connectivity index (χ0n) is 12.5. The van der Waals surface area contributed by atoms with Gasteiger partial charge in [0.05, 0.1) is 10.6 Å². The average molecular weight is 360 g/mol. The van der Waals surface area contributed by atoms with Crippen LogP contribution in [0.25, 0.3) is 6.08 Å². The topological polar surface area (TPSA) is 20.3 Å². The number of carbonyl (C=O) groups excluding carboxylic acids is 1. The lowest BCUT2D eigenvalue weighted by Crippen LogP contribution is -2.27. The van der Waals surface area contributed by atoms with Gasteiger partial charge in [-0.1, -0.05) is 66.8 Å². The molecule has 5 heteroatoms. The molecule has 0 radical (unpaired) electrons. The number of rotatable bonds is 3. The molecular formula is C18H14ClNOS2. The lowest BCUT2D eigenvalue weighted by atomic mass is 10.1. The van der Waals surface area contributed by atoms with Crippen molar-refractivity contribution in [1.29, 1.82) is 0 Å². The first kappa shape index (κ1) is 16.2. The molecule has 2 aromatic rings. The molecule has 0 spiro atoms. The number of hydrogen-bond donors (Lipinski definition) is 0. The fourth-order valence-electron chi connectivity index (χ4n) is 2.28. The van der Waals surface area contributed by atoms with Crippen LogP contribution in [0.1, 0.15) is 18.1 Å². The number of aryl methyl sites for hydroxylation is 1. The smallest absolute Gasteiger partial charge is 0.268 e. The highest BCUT2D eigenvalue weighted by Crippen LogP contribution is 2.36. The van der Waals surface area contributed by atoms with Gasteiger partial charge in [0.15, 0.2) is 4.32 Å². The van der Waals surface area contributed by atoms with Gasteiger partial charge in [-0.25, -0.2) is 0 Å². The third kappa shape index (κ3) is 3.50. The Morgan fingerprint density at radius 3 is 2.39 bits per heavy atom. The highest BCUT2D eigenvalue weighted by molar-refractivity contribution is 8.27. The second-order valence-corrected chi connectivity index (χ2v) is 7.20. The van der Waals surface area contributed by atoms with Gasteiger partial charge in [0.2, 0.25) is 0 Å². The van der Waals surface area contributed by atoms with Crippen LogP contribution in [0.5, 0.6) is 0 Å². The predicted octanol–water partition coefficient (Wildman–Crippen LogP) is 5.31. The van der Waals surface area contributed by atoms with Crippen molar-refractivity contribution >= 4 is 57.6 Å². The van der Waals surface area contributed by atoms with Gasteiger partial charge in [-0.05, 0) is 47.9 Å². The highest BCUT2D eigenvalue weighted by Gasteiger charge is 2.33. The molecule has 1 aliphatic heterocycles. The van der Waals surface area contributed by atoms with Crippen LogP contribution in [-0.2, 0) is 11.2 Å². The van der Waals surface area contributed by atoms with E-state index in [1.807, 2.05) is 42.5 Å². The Labute approximate surface area is 150 Å². The zero-order valence-corrected chi connectivity index (χ0v) is 14.8. The van der Waals surface area contributed by atoms with Gasteiger partial charge in [0, 0.05) is 5.02 Å². The summed E-state index contributed by atoms with van der Waals surface area (Å²) in [6.07, 6.45) is 2.81. The molecule has 3 rings (SSSR count). The molecular weight excluding hydrogens is 346 g/mol. The first-order valence-electron chi connectivity index (χ1n) is 7.21. The summed E-state index contributed by atoms with van der Waals surface area (Å²) in [5, 5.41) is 0.672. The van der Waals surface area contributed by atoms with Crippen molar-refractivity contribution in [3.63, 3.8) is 0 Å². The van der Waals surface area contributed by atoms with E-state index >= 15 is 0 Å². The van der Waals surface area contributed by atoms with Crippen molar-refractivity contribution in [3.05, 3.63) is 69.6 Å². The SMILES string of the molecule is CCc1ccc(N2C(=O)/C(=C\c3ccc(Cl)cc3)SC2=S)cc1. The van der Waals surface area contributed by atoms with Crippen molar-refractivity contribution in [3.8, 4) is 0 Å². The molecule has 0 atom stereocenters. The number of anilines is 1. The highest BCUT2D eigenvalue weighted by atomic mass is 35.5. The van der Waals surface area contributed by atoms with E-state index in [-0.39, 0.29) is 5.91 Å². The van der Waals surface area contributed by atoms with Gasteiger partial charge in [-0.15, -0.1) is 0 Å². The Morgan fingerprint density at radius 1 is 1.13 bits per heavy atom. The minimum Gasteiger partial charge on any atom is -0.268 e. The van der Waals surface area contributed by atoms with Crippen LogP contribution in [0.4, 0.5) is 5.69 Å². The van der Waals surface area contributed by atoms with Gasteiger partial charge >= 0.3 is 0 Å². The number of benzene rings is 2. The van der Waals surface area contributed by atoms with Gasteiger partial charge in [-0.2, -0.15) is 0 Å². The molecule has 1 heterocycles. The molecule has 0 N–H and O–H groups in total. The number of thioether (sulfide) groups is 1. The van der Waals surface area contributed by atoms with E-state index in [0.29, 0.717) is 14.2 Å². The maximum Gasteiger partial charge on any atom is 0.270 e. The van der Waals surface area contributed by atoms with E-state index in [1.165, 1.54) is 17.3 Å². The second-order valence-electron chi connectivity index (χ2n) is 5.09. The van der Waals surface area contributed by atoms with E-state index in [2.05, 4.69) is 6.92 Å². The molecule has 1 amide bonds. The Kier molecular flexibility index (Phi) is 4.85. The maximum atomic E-state index is 12.7. The molecule has 0 bridgehead atoms. The average Bonchev–Trinajstić information content (AvgIpc) is 2.84. The van der Waals surface area contributed by atoms with Crippen molar-refractivity contribution in [2.45, 2.75) is 13.3 Å². The number of halogens is 1. The molecule has 1 saturated heterocycles. The fraction of sp³-hybridized carbons (Fsp3) is 0.111. The van der Waals surface area contributed by atoms with Crippen LogP contribution in [0.15, 0.2) is 53.4 Å². The Morgan fingerprint density at radius 2 is 1.78 bits per heavy atom. The summed E-state index contributed by atoms with van der Waals surface area (Å²) in [6.45, 7) is 2.10. The Bertz CT molecular complexity index is 782. The molecule has 2 nitrogen and oxygen atoms in total. The van der Waals surface area contributed by atoms with Crippen LogP contribution in [0.2, 0.25) is 5.02 Å². The number of hydrogen-bond acceptors (Lipinski definition) is 3. The van der Waals surface area contributed by atoms with Crippen molar-refractivity contribution in [1.82, 2.24) is 0 Å². The van der Waals surface area contributed by atoms with E-state index in [9.17, 15) is 4.79 Å². The number of thiocarbonyl (C=S) groups is 1. The molecule has 116 valence electrons. The van der Waals surface area contributed by atoms with Crippen molar-refractivity contribution in [2.24, 2.45) is 0 Å². The number of nitrogens with zero attached hydrogens (tertiary/aromatic N) is 1. The third-order valence-electron chi connectivity index (χ3n) is 3.56. The predicted molar refractivity (Wildman–Crippen MR) is 103 cm³/mol. The van der Waals surface area contributed by atoms with Crippen LogP contribution in [0, 0.1) is 0 Å². The first-order valence-corrected chi connectivity index (χ1v) is 8.81. The van der Waals surface area contributed by atoms with Crippen LogP contribution in [0.3, 0.4) is 0 Å². The van der Waals surface area contributed by atoms with Gasteiger partial charge < -0.3 is 0 Å². The zero-order chi connectivity index (χ0) is 16.4. The lowest BCUT2D eigenvalue weighted by molar-refractivity contribution is -0.113. The number of amides is 1. The monoisotopic (exact) mass is 359 g/mol. The minimum atomic E-state index is -0.0841. The molecule has 0 saturated carbocycles. The fourth-order valence-corrected chi connectivity index (χ4v) is 3.71. The van der Waals surface area contributed by atoms with Crippen LogP contribution in [-0.4, -0.2) is 10.2 Å². The molecule has 2 aromatic carbocycles. The molecule has 0 unspecified atom stereocenters. The summed E-state index contributed by atoms with van der Waals surface area (Å²) in [7, 11) is 0.